The van der Waals surface area contributed by atoms with Gasteiger partial charge in [-0.25, -0.2) is 0 Å². The number of hydrogen-bond donors (Lipinski definition) is 2. The lowest BCUT2D eigenvalue weighted by Gasteiger charge is -2.07. The predicted octanol–water partition coefficient (Wildman–Crippen LogP) is 3.87. The summed E-state index contributed by atoms with van der Waals surface area (Å²) >= 11 is 13.4. The van der Waals surface area contributed by atoms with E-state index in [9.17, 15) is 9.90 Å². The number of halogens is 2. The molecule has 1 aliphatic rings. The first-order valence-electron chi connectivity index (χ1n) is 7.85. The van der Waals surface area contributed by atoms with Gasteiger partial charge in [0, 0.05) is 10.0 Å². The maximum Gasteiger partial charge on any atom is 0.239 e. The van der Waals surface area contributed by atoms with Crippen LogP contribution in [0.2, 0.25) is 10.0 Å². The van der Waals surface area contributed by atoms with Gasteiger partial charge in [0.05, 0.1) is 18.6 Å². The van der Waals surface area contributed by atoms with Crippen molar-refractivity contribution in [2.75, 3.05) is 7.11 Å². The van der Waals surface area contributed by atoms with E-state index in [0.29, 0.717) is 32.9 Å². The second-order valence-electron chi connectivity index (χ2n) is 5.62. The number of ether oxygens (including phenoxy) is 1. The standard InChI is InChI=1S/C18H15Cl2N3O3S/c1-26-15-6-10(2-5-14(15)24)9-21-23-18-22-17(25)16(27-18)8-11-7-12(19)3-4-13(11)20/h2-7,9,16,24H,8H2,1H3,(H,22,23,25)/b21-9+. The van der Waals surface area contributed by atoms with Gasteiger partial charge in [0.15, 0.2) is 16.7 Å². The third-order valence-corrected chi connectivity index (χ3v) is 5.42. The topological polar surface area (TPSA) is 83.3 Å². The van der Waals surface area contributed by atoms with Crippen molar-refractivity contribution in [2.24, 2.45) is 10.2 Å². The Morgan fingerprint density at radius 3 is 2.89 bits per heavy atom. The summed E-state index contributed by atoms with van der Waals surface area (Å²) < 4.78 is 5.04. The number of carbonyl (C=O) groups is 1. The molecule has 1 aliphatic heterocycles. The van der Waals surface area contributed by atoms with E-state index in [1.807, 2.05) is 0 Å². The molecule has 1 unspecified atom stereocenters. The number of hydrogen-bond acceptors (Lipinski definition) is 6. The van der Waals surface area contributed by atoms with Crippen LogP contribution in [0.5, 0.6) is 11.5 Å². The van der Waals surface area contributed by atoms with Gasteiger partial charge in [0.1, 0.15) is 0 Å². The van der Waals surface area contributed by atoms with Crippen molar-refractivity contribution >= 4 is 52.3 Å². The zero-order chi connectivity index (χ0) is 19.4. The molecule has 0 aromatic heterocycles. The van der Waals surface area contributed by atoms with Crippen LogP contribution in [0, 0.1) is 0 Å². The number of methoxy groups -OCH3 is 1. The molecule has 3 rings (SSSR count). The number of carbonyl (C=O) groups excluding carboxylic acids is 1. The number of amides is 1. The first-order chi connectivity index (χ1) is 13.0. The number of aromatic hydroxyl groups is 1. The number of phenols is 1. The van der Waals surface area contributed by atoms with Gasteiger partial charge in [-0.15, -0.1) is 5.10 Å². The molecule has 1 atom stereocenters. The first-order valence-corrected chi connectivity index (χ1v) is 9.49. The Labute approximate surface area is 170 Å². The maximum absolute atomic E-state index is 12.2. The minimum absolute atomic E-state index is 0.0436. The molecule has 2 aromatic carbocycles. The monoisotopic (exact) mass is 423 g/mol. The van der Waals surface area contributed by atoms with E-state index in [0.717, 1.165) is 5.56 Å². The molecular weight excluding hydrogens is 409 g/mol. The molecule has 140 valence electrons. The molecule has 0 radical (unpaired) electrons. The summed E-state index contributed by atoms with van der Waals surface area (Å²) in [6.45, 7) is 0. The third kappa shape index (κ3) is 4.94. The zero-order valence-corrected chi connectivity index (χ0v) is 16.5. The van der Waals surface area contributed by atoms with Crippen molar-refractivity contribution in [2.45, 2.75) is 11.7 Å². The summed E-state index contributed by atoms with van der Waals surface area (Å²) in [6.07, 6.45) is 1.94. The molecule has 2 N–H and O–H groups in total. The molecule has 0 saturated carbocycles. The molecule has 0 spiro atoms. The summed E-state index contributed by atoms with van der Waals surface area (Å²) in [4.78, 5) is 12.2. The summed E-state index contributed by atoms with van der Waals surface area (Å²) in [6, 6.07) is 9.97. The quantitative estimate of drug-likeness (QED) is 0.564. The second-order valence-corrected chi connectivity index (χ2v) is 7.65. The highest BCUT2D eigenvalue weighted by atomic mass is 35.5. The predicted molar refractivity (Wildman–Crippen MR) is 109 cm³/mol. The molecule has 9 heteroatoms. The Morgan fingerprint density at radius 1 is 1.30 bits per heavy atom. The Hall–Kier alpha value is -2.22. The molecule has 1 fully saturated rings. The Bertz CT molecular complexity index is 934. The van der Waals surface area contributed by atoms with E-state index in [-0.39, 0.29) is 16.9 Å². The number of nitrogens with zero attached hydrogens (tertiary/aromatic N) is 2. The van der Waals surface area contributed by atoms with E-state index in [1.54, 1.807) is 30.3 Å². The number of phenolic OH excluding ortho intramolecular Hbond substituents is 1. The molecule has 6 nitrogen and oxygen atoms in total. The van der Waals surface area contributed by atoms with Gasteiger partial charge in [-0.3, -0.25) is 4.79 Å². The Kier molecular flexibility index (Phi) is 6.26. The van der Waals surface area contributed by atoms with Crippen molar-refractivity contribution in [1.82, 2.24) is 5.32 Å². The van der Waals surface area contributed by atoms with Gasteiger partial charge >= 0.3 is 0 Å². The number of nitrogens with one attached hydrogen (secondary N) is 1. The third-order valence-electron chi connectivity index (χ3n) is 3.75. The van der Waals surface area contributed by atoms with Crippen LogP contribution in [-0.4, -0.2) is 34.8 Å². The van der Waals surface area contributed by atoms with Gasteiger partial charge in [-0.05, 0) is 53.9 Å². The summed E-state index contributed by atoms with van der Waals surface area (Å²) in [5, 5.41) is 21.5. The lowest BCUT2D eigenvalue weighted by molar-refractivity contribution is -0.118. The van der Waals surface area contributed by atoms with Crippen molar-refractivity contribution in [3.05, 3.63) is 57.6 Å². The molecule has 1 saturated heterocycles. The molecule has 27 heavy (non-hydrogen) atoms. The number of thioether (sulfide) groups is 1. The van der Waals surface area contributed by atoms with Crippen LogP contribution >= 0.6 is 35.0 Å². The van der Waals surface area contributed by atoms with E-state index < -0.39 is 0 Å². The molecular formula is C18H15Cl2N3O3S. The van der Waals surface area contributed by atoms with Crippen LogP contribution in [0.3, 0.4) is 0 Å². The van der Waals surface area contributed by atoms with Crippen LogP contribution in [0.1, 0.15) is 11.1 Å². The van der Waals surface area contributed by atoms with Crippen LogP contribution in [0.4, 0.5) is 0 Å². The second kappa shape index (κ2) is 8.65. The van der Waals surface area contributed by atoms with Crippen molar-refractivity contribution < 1.29 is 14.6 Å². The lowest BCUT2D eigenvalue weighted by Crippen LogP contribution is -2.26. The van der Waals surface area contributed by atoms with Crippen LogP contribution in [0.15, 0.2) is 46.6 Å². The maximum atomic E-state index is 12.2. The molecule has 1 amide bonds. The number of amidine groups is 1. The molecule has 1 heterocycles. The highest BCUT2D eigenvalue weighted by Gasteiger charge is 2.31. The molecule has 0 aliphatic carbocycles. The highest BCUT2D eigenvalue weighted by Crippen LogP contribution is 2.28. The van der Waals surface area contributed by atoms with Crippen molar-refractivity contribution in [3.8, 4) is 11.5 Å². The van der Waals surface area contributed by atoms with E-state index in [4.69, 9.17) is 27.9 Å². The SMILES string of the molecule is COc1cc(/C=N/N=C2\NC(=O)C(Cc3cc(Cl)ccc3Cl)S2)ccc1O. The normalized spacial score (nSPS) is 18.3. The minimum atomic E-state index is -0.358. The fourth-order valence-electron chi connectivity index (χ4n) is 2.41. The van der Waals surface area contributed by atoms with E-state index in [2.05, 4.69) is 15.5 Å². The molecule has 2 aromatic rings. The number of benzene rings is 2. The van der Waals surface area contributed by atoms with Crippen LogP contribution in [0.25, 0.3) is 0 Å². The lowest BCUT2D eigenvalue weighted by atomic mass is 10.1. The van der Waals surface area contributed by atoms with Gasteiger partial charge in [0.2, 0.25) is 5.91 Å². The van der Waals surface area contributed by atoms with Crippen molar-refractivity contribution in [1.29, 1.82) is 0 Å². The van der Waals surface area contributed by atoms with Crippen LogP contribution < -0.4 is 10.1 Å². The fourth-order valence-corrected chi connectivity index (χ4v) is 3.75. The number of rotatable bonds is 5. The van der Waals surface area contributed by atoms with Gasteiger partial charge in [0.25, 0.3) is 0 Å². The first kappa shape index (κ1) is 19.5. The zero-order valence-electron chi connectivity index (χ0n) is 14.1. The minimum Gasteiger partial charge on any atom is -0.504 e. The Balaban J connectivity index is 1.67. The highest BCUT2D eigenvalue weighted by molar-refractivity contribution is 8.15. The Morgan fingerprint density at radius 2 is 2.11 bits per heavy atom. The van der Waals surface area contributed by atoms with Crippen molar-refractivity contribution in [3.63, 3.8) is 0 Å². The van der Waals surface area contributed by atoms with Gasteiger partial charge < -0.3 is 15.2 Å². The fraction of sp³-hybridized carbons (Fsp3) is 0.167. The van der Waals surface area contributed by atoms with Gasteiger partial charge in [-0.1, -0.05) is 35.0 Å². The molecule has 0 bridgehead atoms. The van der Waals surface area contributed by atoms with Crippen LogP contribution in [-0.2, 0) is 11.2 Å². The average molecular weight is 424 g/mol. The largest absolute Gasteiger partial charge is 0.504 e. The van der Waals surface area contributed by atoms with E-state index in [1.165, 1.54) is 31.2 Å². The average Bonchev–Trinajstić information content (AvgIpc) is 2.99. The summed E-state index contributed by atoms with van der Waals surface area (Å²) in [5.74, 6) is 0.229. The van der Waals surface area contributed by atoms with Gasteiger partial charge in [-0.2, -0.15) is 5.10 Å². The summed E-state index contributed by atoms with van der Waals surface area (Å²) in [7, 11) is 1.47. The van der Waals surface area contributed by atoms with E-state index >= 15 is 0 Å². The summed E-state index contributed by atoms with van der Waals surface area (Å²) in [5.41, 5.74) is 1.50. The smallest absolute Gasteiger partial charge is 0.239 e.